The molecule has 1 atom stereocenters. The minimum Gasteiger partial charge on any atom is -0.349 e. The van der Waals surface area contributed by atoms with E-state index in [0.717, 1.165) is 16.8 Å². The number of amides is 3. The first-order chi connectivity index (χ1) is 14.4. The van der Waals surface area contributed by atoms with E-state index in [4.69, 9.17) is 0 Å². The van der Waals surface area contributed by atoms with E-state index in [1.165, 1.54) is 25.2 Å². The largest absolute Gasteiger partial charge is 0.349 e. The fourth-order valence-electron chi connectivity index (χ4n) is 2.93. The van der Waals surface area contributed by atoms with Crippen LogP contribution in [0.5, 0.6) is 0 Å². The van der Waals surface area contributed by atoms with Crippen molar-refractivity contribution in [2.45, 2.75) is 26.3 Å². The molecule has 1 aromatic heterocycles. The van der Waals surface area contributed by atoms with Crippen molar-refractivity contribution >= 4 is 39.9 Å². The lowest BCUT2D eigenvalue weighted by molar-refractivity contribution is -0.120. The number of hydrogen-bond acceptors (Lipinski definition) is 5. The summed E-state index contributed by atoms with van der Waals surface area (Å²) < 4.78 is 0. The molecule has 3 rings (SSSR count). The predicted octanol–water partition coefficient (Wildman–Crippen LogP) is 3.97. The zero-order valence-corrected chi connectivity index (χ0v) is 17.5. The minimum atomic E-state index is -0.413. The SMILES string of the molecule is CC(=O)Nc1ccc(-c2csc(NC(=O)C[C@H](NC(C)=O)c3ccccc3)n2)cc1. The van der Waals surface area contributed by atoms with E-state index in [1.807, 2.05) is 47.8 Å². The Morgan fingerprint density at radius 2 is 1.63 bits per heavy atom. The smallest absolute Gasteiger partial charge is 0.228 e. The van der Waals surface area contributed by atoms with Crippen LogP contribution in [0.4, 0.5) is 10.8 Å². The van der Waals surface area contributed by atoms with Gasteiger partial charge in [-0.3, -0.25) is 14.4 Å². The molecule has 7 nitrogen and oxygen atoms in total. The molecule has 0 aliphatic heterocycles. The molecular formula is C22H22N4O3S. The lowest BCUT2D eigenvalue weighted by Gasteiger charge is -2.17. The molecule has 3 N–H and O–H groups in total. The second kappa shape index (κ2) is 9.80. The summed E-state index contributed by atoms with van der Waals surface area (Å²) in [6.45, 7) is 2.88. The van der Waals surface area contributed by atoms with Crippen molar-refractivity contribution < 1.29 is 14.4 Å². The third-order valence-electron chi connectivity index (χ3n) is 4.22. The van der Waals surface area contributed by atoms with Crippen LogP contribution in [0.25, 0.3) is 11.3 Å². The van der Waals surface area contributed by atoms with Crippen LogP contribution in [-0.2, 0) is 14.4 Å². The Bertz CT molecular complexity index is 1030. The predicted molar refractivity (Wildman–Crippen MR) is 118 cm³/mol. The molecule has 3 amide bonds. The second-order valence-corrected chi connectivity index (χ2v) is 7.57. The van der Waals surface area contributed by atoms with Gasteiger partial charge in [0.15, 0.2) is 5.13 Å². The highest BCUT2D eigenvalue weighted by atomic mass is 32.1. The average molecular weight is 423 g/mol. The van der Waals surface area contributed by atoms with Crippen LogP contribution in [0.15, 0.2) is 60.0 Å². The summed E-state index contributed by atoms with van der Waals surface area (Å²) in [5, 5.41) is 10.7. The number of benzene rings is 2. The topological polar surface area (TPSA) is 100 Å². The van der Waals surface area contributed by atoms with Crippen molar-refractivity contribution in [1.82, 2.24) is 10.3 Å². The maximum Gasteiger partial charge on any atom is 0.228 e. The van der Waals surface area contributed by atoms with Crippen molar-refractivity contribution in [1.29, 1.82) is 0 Å². The number of thiazole rings is 1. The van der Waals surface area contributed by atoms with Crippen molar-refractivity contribution in [2.75, 3.05) is 10.6 Å². The van der Waals surface area contributed by atoms with Crippen molar-refractivity contribution in [3.8, 4) is 11.3 Å². The molecule has 0 fully saturated rings. The van der Waals surface area contributed by atoms with Gasteiger partial charge in [-0.25, -0.2) is 4.98 Å². The quantitative estimate of drug-likeness (QED) is 0.536. The molecule has 0 unspecified atom stereocenters. The molecule has 8 heteroatoms. The monoisotopic (exact) mass is 422 g/mol. The van der Waals surface area contributed by atoms with Crippen LogP contribution in [0.1, 0.15) is 31.9 Å². The third kappa shape index (κ3) is 5.99. The van der Waals surface area contributed by atoms with Crippen LogP contribution >= 0.6 is 11.3 Å². The second-order valence-electron chi connectivity index (χ2n) is 6.71. The molecule has 30 heavy (non-hydrogen) atoms. The van der Waals surface area contributed by atoms with Gasteiger partial charge in [-0.05, 0) is 17.7 Å². The molecule has 0 saturated heterocycles. The molecule has 0 radical (unpaired) electrons. The summed E-state index contributed by atoms with van der Waals surface area (Å²) in [7, 11) is 0. The maximum absolute atomic E-state index is 12.5. The highest BCUT2D eigenvalue weighted by Crippen LogP contribution is 2.26. The van der Waals surface area contributed by atoms with E-state index >= 15 is 0 Å². The summed E-state index contributed by atoms with van der Waals surface area (Å²) in [6.07, 6.45) is 0.101. The van der Waals surface area contributed by atoms with Crippen LogP contribution in [0, 0.1) is 0 Å². The number of nitrogens with one attached hydrogen (secondary N) is 3. The molecule has 0 saturated carbocycles. The van der Waals surface area contributed by atoms with Crippen LogP contribution in [0.2, 0.25) is 0 Å². The fraction of sp³-hybridized carbons (Fsp3) is 0.182. The van der Waals surface area contributed by atoms with Gasteiger partial charge >= 0.3 is 0 Å². The Morgan fingerprint density at radius 1 is 0.933 bits per heavy atom. The first-order valence-corrected chi connectivity index (χ1v) is 10.2. The van der Waals surface area contributed by atoms with Crippen LogP contribution < -0.4 is 16.0 Å². The molecule has 0 spiro atoms. The van der Waals surface area contributed by atoms with Gasteiger partial charge < -0.3 is 16.0 Å². The summed E-state index contributed by atoms with van der Waals surface area (Å²) in [4.78, 5) is 39.6. The van der Waals surface area contributed by atoms with Crippen LogP contribution in [0.3, 0.4) is 0 Å². The first-order valence-electron chi connectivity index (χ1n) is 9.36. The van der Waals surface area contributed by atoms with Gasteiger partial charge in [0.1, 0.15) is 0 Å². The molecule has 0 bridgehead atoms. The Hall–Kier alpha value is -3.52. The van der Waals surface area contributed by atoms with E-state index in [1.54, 1.807) is 12.1 Å². The van der Waals surface area contributed by atoms with Gasteiger partial charge in [0.05, 0.1) is 18.2 Å². The number of aromatic nitrogens is 1. The van der Waals surface area contributed by atoms with Gasteiger partial charge in [-0.1, -0.05) is 42.5 Å². The van der Waals surface area contributed by atoms with E-state index in [0.29, 0.717) is 10.8 Å². The van der Waals surface area contributed by atoms with Crippen LogP contribution in [-0.4, -0.2) is 22.7 Å². The molecule has 2 aromatic carbocycles. The van der Waals surface area contributed by atoms with Gasteiger partial charge in [-0.15, -0.1) is 11.3 Å². The lowest BCUT2D eigenvalue weighted by atomic mass is 10.0. The highest BCUT2D eigenvalue weighted by Gasteiger charge is 2.18. The Morgan fingerprint density at radius 3 is 2.27 bits per heavy atom. The highest BCUT2D eigenvalue weighted by molar-refractivity contribution is 7.14. The van der Waals surface area contributed by atoms with E-state index < -0.39 is 6.04 Å². The van der Waals surface area contributed by atoms with Crippen molar-refractivity contribution in [3.63, 3.8) is 0 Å². The van der Waals surface area contributed by atoms with Gasteiger partial charge in [0.25, 0.3) is 0 Å². The Kier molecular flexibility index (Phi) is 6.92. The number of carbonyl (C=O) groups excluding carboxylic acids is 3. The number of rotatable bonds is 7. The number of nitrogens with zero attached hydrogens (tertiary/aromatic N) is 1. The van der Waals surface area contributed by atoms with Crippen molar-refractivity contribution in [3.05, 3.63) is 65.5 Å². The Balaban J connectivity index is 1.65. The summed E-state index contributed by atoms with van der Waals surface area (Å²) in [6, 6.07) is 16.3. The maximum atomic E-state index is 12.5. The lowest BCUT2D eigenvalue weighted by Crippen LogP contribution is -2.29. The standard InChI is InChI=1S/C22H22N4O3S/c1-14(27)23-18-10-8-17(9-11-18)20-13-30-22(25-20)26-21(29)12-19(24-15(2)28)16-6-4-3-5-7-16/h3-11,13,19H,12H2,1-2H3,(H,23,27)(H,24,28)(H,25,26,29)/t19-/m0/s1. The summed E-state index contributed by atoms with van der Waals surface area (Å²) >= 11 is 1.32. The molecule has 3 aromatic rings. The summed E-state index contributed by atoms with van der Waals surface area (Å²) in [5.74, 6) is -0.565. The zero-order valence-electron chi connectivity index (χ0n) is 16.6. The molecule has 1 heterocycles. The molecule has 0 aliphatic carbocycles. The average Bonchev–Trinajstić information content (AvgIpc) is 3.16. The molecule has 154 valence electrons. The van der Waals surface area contributed by atoms with Gasteiger partial charge in [-0.2, -0.15) is 0 Å². The number of anilines is 2. The van der Waals surface area contributed by atoms with Crippen molar-refractivity contribution in [2.24, 2.45) is 0 Å². The third-order valence-corrected chi connectivity index (χ3v) is 4.98. The van der Waals surface area contributed by atoms with E-state index in [2.05, 4.69) is 20.9 Å². The zero-order chi connectivity index (χ0) is 21.5. The van der Waals surface area contributed by atoms with Gasteiger partial charge in [0, 0.05) is 30.5 Å². The minimum absolute atomic E-state index is 0.101. The Labute approximate surface area is 178 Å². The molecule has 0 aliphatic rings. The summed E-state index contributed by atoms with van der Waals surface area (Å²) in [5.41, 5.74) is 3.18. The van der Waals surface area contributed by atoms with Gasteiger partial charge in [0.2, 0.25) is 17.7 Å². The normalized spacial score (nSPS) is 11.4. The number of carbonyl (C=O) groups is 3. The fourth-order valence-corrected chi connectivity index (χ4v) is 3.67. The number of hydrogen-bond donors (Lipinski definition) is 3. The molecular weight excluding hydrogens is 400 g/mol. The van der Waals surface area contributed by atoms with E-state index in [9.17, 15) is 14.4 Å². The van der Waals surface area contributed by atoms with E-state index in [-0.39, 0.29) is 24.1 Å². The first kappa shape index (κ1) is 21.2.